The quantitative estimate of drug-likeness (QED) is 0.276. The number of rotatable bonds is 8. The predicted molar refractivity (Wildman–Crippen MR) is 105 cm³/mol. The number of nitrogens with zero attached hydrogens (tertiary/aromatic N) is 8. The number of thioether (sulfide) groups is 1. The topological polar surface area (TPSA) is 96.4 Å². The summed E-state index contributed by atoms with van der Waals surface area (Å²) < 4.78 is 70.9. The van der Waals surface area contributed by atoms with Crippen molar-refractivity contribution in [2.75, 3.05) is 0 Å². The fourth-order valence-corrected chi connectivity index (χ4v) is 3.67. The first-order chi connectivity index (χ1) is 15.8. The number of pyridine rings is 1. The molecule has 9 nitrogen and oxygen atoms in total. The maximum Gasteiger partial charge on any atom is 0.406 e. The van der Waals surface area contributed by atoms with Crippen molar-refractivity contribution in [1.82, 2.24) is 40.0 Å². The van der Waals surface area contributed by atoms with Gasteiger partial charge in [-0.3, -0.25) is 9.55 Å². The minimum absolute atomic E-state index is 0.0226. The standard InChI is InChI=1S/C18H13F5N8OS/c19-16(20)32-13-3-1-12(2-4-13)31-14(25-28-29-31)9-33-17-27-26-15(11-5-7-24-8-6-11)30(17)10-18(21,22)23/h1-8,16H,9-10H2. The van der Waals surface area contributed by atoms with E-state index in [1.54, 1.807) is 0 Å². The van der Waals surface area contributed by atoms with Crippen molar-refractivity contribution in [3.8, 4) is 22.8 Å². The molecule has 0 bridgehead atoms. The summed E-state index contributed by atoms with van der Waals surface area (Å²) in [5, 5.41) is 19.2. The molecule has 15 heteroatoms. The molecule has 3 heterocycles. The first-order valence-electron chi connectivity index (χ1n) is 9.16. The normalized spacial score (nSPS) is 11.8. The highest BCUT2D eigenvalue weighted by Gasteiger charge is 2.31. The van der Waals surface area contributed by atoms with Gasteiger partial charge in [-0.1, -0.05) is 11.8 Å². The molecule has 0 unspecified atom stereocenters. The summed E-state index contributed by atoms with van der Waals surface area (Å²) in [6.07, 6.45) is -1.61. The van der Waals surface area contributed by atoms with E-state index in [1.165, 1.54) is 53.5 Å². The number of benzene rings is 1. The van der Waals surface area contributed by atoms with Crippen LogP contribution >= 0.6 is 11.8 Å². The molecule has 4 aromatic rings. The smallest absolute Gasteiger partial charge is 0.406 e. The third kappa shape index (κ3) is 5.60. The third-order valence-electron chi connectivity index (χ3n) is 4.16. The van der Waals surface area contributed by atoms with Gasteiger partial charge in [0, 0.05) is 18.0 Å². The average Bonchev–Trinajstić information content (AvgIpc) is 3.39. The van der Waals surface area contributed by atoms with Crippen LogP contribution in [-0.4, -0.2) is 52.7 Å². The Morgan fingerprint density at radius 1 is 0.970 bits per heavy atom. The molecule has 0 aliphatic rings. The molecule has 0 atom stereocenters. The van der Waals surface area contributed by atoms with Crippen LogP contribution in [-0.2, 0) is 12.3 Å². The molecule has 0 saturated heterocycles. The van der Waals surface area contributed by atoms with Gasteiger partial charge in [-0.25, -0.2) is 0 Å². The summed E-state index contributed by atoms with van der Waals surface area (Å²) in [5.41, 5.74) is 0.885. The number of aromatic nitrogens is 8. The Labute approximate surface area is 186 Å². The largest absolute Gasteiger partial charge is 0.435 e. The number of hydrogen-bond acceptors (Lipinski definition) is 8. The fraction of sp³-hybridized carbons (Fsp3) is 0.222. The van der Waals surface area contributed by atoms with Gasteiger partial charge in [-0.2, -0.15) is 26.6 Å². The van der Waals surface area contributed by atoms with E-state index < -0.39 is 19.3 Å². The van der Waals surface area contributed by atoms with Crippen LogP contribution in [0.5, 0.6) is 5.75 Å². The Morgan fingerprint density at radius 2 is 1.70 bits per heavy atom. The van der Waals surface area contributed by atoms with E-state index in [9.17, 15) is 22.0 Å². The second kappa shape index (κ2) is 9.48. The monoisotopic (exact) mass is 484 g/mol. The van der Waals surface area contributed by atoms with Crippen molar-refractivity contribution in [1.29, 1.82) is 0 Å². The molecule has 4 rings (SSSR count). The lowest BCUT2D eigenvalue weighted by molar-refractivity contribution is -0.141. The van der Waals surface area contributed by atoms with E-state index in [0.29, 0.717) is 17.1 Å². The van der Waals surface area contributed by atoms with Gasteiger partial charge >= 0.3 is 12.8 Å². The van der Waals surface area contributed by atoms with Crippen molar-refractivity contribution in [2.45, 2.75) is 30.2 Å². The lowest BCUT2D eigenvalue weighted by Crippen LogP contribution is -2.19. The van der Waals surface area contributed by atoms with E-state index in [4.69, 9.17) is 0 Å². The number of ether oxygens (including phenoxy) is 1. The van der Waals surface area contributed by atoms with Crippen molar-refractivity contribution in [3.05, 3.63) is 54.6 Å². The molecule has 0 saturated carbocycles. The van der Waals surface area contributed by atoms with Crippen LogP contribution in [0.1, 0.15) is 5.82 Å². The van der Waals surface area contributed by atoms with E-state index in [-0.39, 0.29) is 22.5 Å². The SMILES string of the molecule is FC(F)Oc1ccc(-n2nnnc2CSc2nnc(-c3ccncc3)n2CC(F)(F)F)cc1. The zero-order chi connectivity index (χ0) is 23.4. The van der Waals surface area contributed by atoms with Gasteiger partial charge in [-0.15, -0.1) is 15.3 Å². The highest BCUT2D eigenvalue weighted by Crippen LogP contribution is 2.30. The number of halogens is 5. The lowest BCUT2D eigenvalue weighted by Gasteiger charge is -2.12. The van der Waals surface area contributed by atoms with Gasteiger partial charge in [0.05, 0.1) is 11.4 Å². The first-order valence-corrected chi connectivity index (χ1v) is 10.1. The molecule has 33 heavy (non-hydrogen) atoms. The van der Waals surface area contributed by atoms with Crippen molar-refractivity contribution < 1.29 is 26.7 Å². The fourth-order valence-electron chi connectivity index (χ4n) is 2.83. The van der Waals surface area contributed by atoms with E-state index >= 15 is 0 Å². The molecule has 0 aliphatic heterocycles. The van der Waals surface area contributed by atoms with Gasteiger partial charge in [0.25, 0.3) is 0 Å². The van der Waals surface area contributed by atoms with Gasteiger partial charge in [0.1, 0.15) is 12.3 Å². The van der Waals surface area contributed by atoms with Crippen LogP contribution < -0.4 is 4.74 Å². The summed E-state index contributed by atoms with van der Waals surface area (Å²) in [5.74, 6) is 0.372. The average molecular weight is 484 g/mol. The van der Waals surface area contributed by atoms with E-state index in [2.05, 4.69) is 35.4 Å². The molecule has 0 aliphatic carbocycles. The van der Waals surface area contributed by atoms with Crippen LogP contribution in [0, 0.1) is 0 Å². The van der Waals surface area contributed by atoms with Gasteiger partial charge in [-0.05, 0) is 46.8 Å². The molecule has 172 valence electrons. The number of hydrogen-bond donors (Lipinski definition) is 0. The predicted octanol–water partition coefficient (Wildman–Crippen LogP) is 3.77. The zero-order valence-corrected chi connectivity index (χ0v) is 17.2. The van der Waals surface area contributed by atoms with Crippen molar-refractivity contribution in [2.24, 2.45) is 0 Å². The summed E-state index contributed by atoms with van der Waals surface area (Å²) in [6, 6.07) is 8.65. The van der Waals surface area contributed by atoms with Crippen LogP contribution in [0.3, 0.4) is 0 Å². The molecule has 3 aromatic heterocycles. The third-order valence-corrected chi connectivity index (χ3v) is 5.13. The Hall–Kier alpha value is -3.62. The van der Waals surface area contributed by atoms with E-state index in [0.717, 1.165) is 16.3 Å². The van der Waals surface area contributed by atoms with Gasteiger partial charge in [0.15, 0.2) is 16.8 Å². The van der Waals surface area contributed by atoms with Crippen LogP contribution in [0.2, 0.25) is 0 Å². The lowest BCUT2D eigenvalue weighted by atomic mass is 10.2. The number of tetrazole rings is 1. The van der Waals surface area contributed by atoms with Crippen LogP contribution in [0.15, 0.2) is 53.9 Å². The maximum atomic E-state index is 13.2. The van der Waals surface area contributed by atoms with Gasteiger partial charge in [0.2, 0.25) is 0 Å². The minimum Gasteiger partial charge on any atom is -0.435 e. The minimum atomic E-state index is -4.50. The molecule has 0 N–H and O–H groups in total. The summed E-state index contributed by atoms with van der Waals surface area (Å²) in [7, 11) is 0. The summed E-state index contributed by atoms with van der Waals surface area (Å²) in [4.78, 5) is 3.86. The second-order valence-corrected chi connectivity index (χ2v) is 7.35. The van der Waals surface area contributed by atoms with Crippen molar-refractivity contribution in [3.63, 3.8) is 0 Å². The maximum absolute atomic E-state index is 13.2. The highest BCUT2D eigenvalue weighted by atomic mass is 32.2. The summed E-state index contributed by atoms with van der Waals surface area (Å²) in [6.45, 7) is -4.24. The molecule has 0 fully saturated rings. The van der Waals surface area contributed by atoms with E-state index in [1.807, 2.05) is 0 Å². The Morgan fingerprint density at radius 3 is 2.36 bits per heavy atom. The highest BCUT2D eigenvalue weighted by molar-refractivity contribution is 7.98. The Balaban J connectivity index is 1.56. The molecular formula is C18H13F5N8OS. The van der Waals surface area contributed by atoms with Crippen LogP contribution in [0.4, 0.5) is 22.0 Å². The van der Waals surface area contributed by atoms with Crippen LogP contribution in [0.25, 0.3) is 17.1 Å². The Bertz CT molecular complexity index is 1200. The summed E-state index contributed by atoms with van der Waals surface area (Å²) >= 11 is 0.968. The number of alkyl halides is 5. The van der Waals surface area contributed by atoms with Gasteiger partial charge < -0.3 is 4.74 Å². The molecule has 0 amide bonds. The molecule has 1 aromatic carbocycles. The first kappa shape index (κ1) is 22.6. The van der Waals surface area contributed by atoms with Crippen molar-refractivity contribution >= 4 is 11.8 Å². The molecular weight excluding hydrogens is 471 g/mol. The zero-order valence-electron chi connectivity index (χ0n) is 16.4. The molecule has 0 spiro atoms. The molecule has 0 radical (unpaired) electrons. The Kier molecular flexibility index (Phi) is 6.48. The second-order valence-electron chi connectivity index (χ2n) is 6.41.